The molecule has 0 unspecified atom stereocenters. The van der Waals surface area contributed by atoms with E-state index in [9.17, 15) is 14.4 Å². The van der Waals surface area contributed by atoms with E-state index in [4.69, 9.17) is 11.6 Å². The quantitative estimate of drug-likeness (QED) is 0.490. The topological polar surface area (TPSA) is 57.7 Å². The number of imide groups is 1. The van der Waals surface area contributed by atoms with Crippen molar-refractivity contribution in [1.29, 1.82) is 0 Å². The van der Waals surface area contributed by atoms with Gasteiger partial charge in [-0.2, -0.15) is 0 Å². The summed E-state index contributed by atoms with van der Waals surface area (Å²) in [5.41, 5.74) is 0. The highest BCUT2D eigenvalue weighted by atomic mass is 35.5. The van der Waals surface area contributed by atoms with E-state index >= 15 is 0 Å². The third kappa shape index (κ3) is 4.18. The Kier molecular flexibility index (Phi) is 6.61. The number of allylic oxidation sites excluding steroid dienone is 2. The molecule has 0 saturated carbocycles. The molecular weight excluding hydrogens is 396 g/mol. The van der Waals surface area contributed by atoms with Gasteiger partial charge in [0.05, 0.1) is 22.7 Å². The number of likely N-dealkylation sites (N-methyl/N-ethyl adjacent to an activating group) is 1. The Hall–Kier alpha value is -1.66. The lowest BCUT2D eigenvalue weighted by atomic mass is 9.85. The molecule has 1 aromatic heterocycles. The van der Waals surface area contributed by atoms with Crippen molar-refractivity contribution in [3.63, 3.8) is 0 Å². The highest BCUT2D eigenvalue weighted by Gasteiger charge is 2.51. The first kappa shape index (κ1) is 21.1. The van der Waals surface area contributed by atoms with E-state index in [0.717, 1.165) is 4.88 Å². The lowest BCUT2D eigenvalue weighted by molar-refractivity contribution is -0.152. The molecule has 1 aliphatic heterocycles. The predicted molar refractivity (Wildman–Crippen MR) is 111 cm³/mol. The van der Waals surface area contributed by atoms with Crippen molar-refractivity contribution in [1.82, 2.24) is 9.80 Å². The standard InChI is InChI=1S/C21H27ClN2O3S/c1-4-23(12-14-9-10-18(22)28-14)21(27)17(11-13(2)3)24-19(25)15-7-5-6-8-16(15)20(24)26/h5-6,9-10,13,15-17H,4,7-8,11-12H2,1-3H3/t15-,16+,17-/m1/s1. The van der Waals surface area contributed by atoms with Crippen LogP contribution in [0.1, 0.15) is 44.9 Å². The maximum atomic E-state index is 13.4. The van der Waals surface area contributed by atoms with Gasteiger partial charge in [-0.25, -0.2) is 0 Å². The Morgan fingerprint density at radius 2 is 1.82 bits per heavy atom. The molecule has 3 amide bonds. The number of carbonyl (C=O) groups excluding carboxylic acids is 3. The average molecular weight is 423 g/mol. The van der Waals surface area contributed by atoms with Crippen molar-refractivity contribution in [2.24, 2.45) is 17.8 Å². The number of nitrogens with zero attached hydrogens (tertiary/aromatic N) is 2. The van der Waals surface area contributed by atoms with Gasteiger partial charge in [0.2, 0.25) is 17.7 Å². The fourth-order valence-electron chi connectivity index (χ4n) is 4.08. The zero-order chi connectivity index (χ0) is 20.4. The van der Waals surface area contributed by atoms with Crippen molar-refractivity contribution >= 4 is 40.7 Å². The summed E-state index contributed by atoms with van der Waals surface area (Å²) in [7, 11) is 0. The predicted octanol–water partition coefficient (Wildman–Crippen LogP) is 4.12. The van der Waals surface area contributed by atoms with Gasteiger partial charge >= 0.3 is 0 Å². The molecule has 2 aliphatic rings. The summed E-state index contributed by atoms with van der Waals surface area (Å²) in [5, 5.41) is 0. The van der Waals surface area contributed by atoms with Gasteiger partial charge in [-0.3, -0.25) is 19.3 Å². The summed E-state index contributed by atoms with van der Waals surface area (Å²) in [4.78, 5) is 43.5. The number of rotatable bonds is 7. The Morgan fingerprint density at radius 3 is 2.29 bits per heavy atom. The summed E-state index contributed by atoms with van der Waals surface area (Å²) < 4.78 is 0.679. The number of hydrogen-bond acceptors (Lipinski definition) is 4. The molecule has 28 heavy (non-hydrogen) atoms. The minimum absolute atomic E-state index is 0.158. The molecule has 2 heterocycles. The van der Waals surface area contributed by atoms with Crippen LogP contribution >= 0.6 is 22.9 Å². The Balaban J connectivity index is 1.85. The first-order valence-corrected chi connectivity index (χ1v) is 11.1. The molecule has 152 valence electrons. The molecule has 0 aromatic carbocycles. The Morgan fingerprint density at radius 1 is 1.21 bits per heavy atom. The first-order chi connectivity index (χ1) is 13.3. The Bertz CT molecular complexity index is 762. The molecule has 0 spiro atoms. The van der Waals surface area contributed by atoms with Crippen molar-refractivity contribution in [3.8, 4) is 0 Å². The van der Waals surface area contributed by atoms with E-state index in [1.54, 1.807) is 4.90 Å². The van der Waals surface area contributed by atoms with Gasteiger partial charge in [0.15, 0.2) is 0 Å². The lowest BCUT2D eigenvalue weighted by Crippen LogP contribution is -2.51. The van der Waals surface area contributed by atoms with E-state index in [-0.39, 0.29) is 35.5 Å². The van der Waals surface area contributed by atoms with Crippen LogP contribution in [0.3, 0.4) is 0 Å². The smallest absolute Gasteiger partial charge is 0.246 e. The number of likely N-dealkylation sites (tertiary alicyclic amines) is 1. The SMILES string of the molecule is CCN(Cc1ccc(Cl)s1)C(=O)[C@@H](CC(C)C)N1C(=O)[C@H]2CC=CC[C@H]2C1=O. The fraction of sp³-hybridized carbons (Fsp3) is 0.571. The molecule has 1 aliphatic carbocycles. The molecule has 0 N–H and O–H groups in total. The third-order valence-electron chi connectivity index (χ3n) is 5.50. The number of carbonyl (C=O) groups is 3. The molecule has 0 radical (unpaired) electrons. The minimum atomic E-state index is -0.735. The monoisotopic (exact) mass is 422 g/mol. The summed E-state index contributed by atoms with van der Waals surface area (Å²) >= 11 is 7.46. The van der Waals surface area contributed by atoms with Gasteiger partial charge in [0.1, 0.15) is 6.04 Å². The van der Waals surface area contributed by atoms with Crippen molar-refractivity contribution < 1.29 is 14.4 Å². The van der Waals surface area contributed by atoms with Crippen LogP contribution in [0.4, 0.5) is 0 Å². The third-order valence-corrected chi connectivity index (χ3v) is 6.72. The van der Waals surface area contributed by atoms with E-state index in [2.05, 4.69) is 0 Å². The van der Waals surface area contributed by atoms with Gasteiger partial charge in [-0.15, -0.1) is 11.3 Å². The van der Waals surface area contributed by atoms with Crippen LogP contribution in [0.15, 0.2) is 24.3 Å². The summed E-state index contributed by atoms with van der Waals surface area (Å²) in [5.74, 6) is -0.973. The second kappa shape index (κ2) is 8.78. The van der Waals surface area contributed by atoms with E-state index in [1.807, 2.05) is 45.1 Å². The molecule has 1 fully saturated rings. The number of halogens is 1. The Labute approximate surface area is 175 Å². The maximum absolute atomic E-state index is 13.4. The van der Waals surface area contributed by atoms with Crippen LogP contribution in [0.25, 0.3) is 0 Å². The zero-order valence-corrected chi connectivity index (χ0v) is 18.1. The largest absolute Gasteiger partial charge is 0.336 e. The minimum Gasteiger partial charge on any atom is -0.336 e. The average Bonchev–Trinajstić information content (AvgIpc) is 3.19. The molecule has 3 atom stereocenters. The van der Waals surface area contributed by atoms with Crippen LogP contribution in [0.5, 0.6) is 0 Å². The highest BCUT2D eigenvalue weighted by molar-refractivity contribution is 7.16. The second-order valence-electron chi connectivity index (χ2n) is 7.91. The van der Waals surface area contributed by atoms with Gasteiger partial charge in [0, 0.05) is 11.4 Å². The fourth-order valence-corrected chi connectivity index (χ4v) is 5.18. The zero-order valence-electron chi connectivity index (χ0n) is 16.6. The van der Waals surface area contributed by atoms with E-state index in [1.165, 1.54) is 16.2 Å². The summed E-state index contributed by atoms with van der Waals surface area (Å²) in [6.07, 6.45) is 5.58. The lowest BCUT2D eigenvalue weighted by Gasteiger charge is -2.32. The molecule has 3 rings (SSSR count). The molecule has 7 heteroatoms. The molecule has 1 aromatic rings. The maximum Gasteiger partial charge on any atom is 0.246 e. The van der Waals surface area contributed by atoms with Crippen molar-refractivity contribution in [2.45, 2.75) is 52.6 Å². The number of amides is 3. The van der Waals surface area contributed by atoms with Crippen LogP contribution in [0, 0.1) is 17.8 Å². The van der Waals surface area contributed by atoms with Crippen molar-refractivity contribution in [3.05, 3.63) is 33.5 Å². The number of fused-ring (bicyclic) bond motifs is 1. The van der Waals surface area contributed by atoms with E-state index in [0.29, 0.717) is 36.7 Å². The molecule has 1 saturated heterocycles. The van der Waals surface area contributed by atoms with Crippen molar-refractivity contribution in [2.75, 3.05) is 6.54 Å². The molecular formula is C21H27ClN2O3S. The van der Waals surface area contributed by atoms with Gasteiger partial charge in [0.25, 0.3) is 0 Å². The van der Waals surface area contributed by atoms with Crippen LogP contribution in [0.2, 0.25) is 4.34 Å². The number of hydrogen-bond donors (Lipinski definition) is 0. The molecule has 0 bridgehead atoms. The molecule has 5 nitrogen and oxygen atoms in total. The van der Waals surface area contributed by atoms with Gasteiger partial charge < -0.3 is 4.90 Å². The van der Waals surface area contributed by atoms with Gasteiger partial charge in [-0.1, -0.05) is 37.6 Å². The highest BCUT2D eigenvalue weighted by Crippen LogP contribution is 2.37. The van der Waals surface area contributed by atoms with Crippen LogP contribution < -0.4 is 0 Å². The van der Waals surface area contributed by atoms with Crippen LogP contribution in [-0.4, -0.2) is 40.1 Å². The van der Waals surface area contributed by atoms with Gasteiger partial charge in [-0.05, 0) is 44.2 Å². The number of thiophene rings is 1. The second-order valence-corrected chi connectivity index (χ2v) is 9.71. The van der Waals surface area contributed by atoms with Crippen LogP contribution in [-0.2, 0) is 20.9 Å². The van der Waals surface area contributed by atoms with E-state index < -0.39 is 6.04 Å². The summed E-state index contributed by atoms with van der Waals surface area (Å²) in [6.45, 7) is 6.88. The first-order valence-electron chi connectivity index (χ1n) is 9.88. The summed E-state index contributed by atoms with van der Waals surface area (Å²) in [6, 6.07) is 2.99. The normalized spacial score (nSPS) is 22.7.